The second-order valence-corrected chi connectivity index (χ2v) is 25.6. The fourth-order valence-corrected chi connectivity index (χ4v) is 11.8. The van der Waals surface area contributed by atoms with Gasteiger partial charge < -0.3 is 59.8 Å². The van der Waals surface area contributed by atoms with Crippen LogP contribution in [0.4, 0.5) is 11.4 Å². The van der Waals surface area contributed by atoms with E-state index in [2.05, 4.69) is 32.8 Å². The summed E-state index contributed by atoms with van der Waals surface area (Å²) in [5, 5.41) is 11.3. The summed E-state index contributed by atoms with van der Waals surface area (Å²) in [4.78, 5) is 163. The van der Waals surface area contributed by atoms with Gasteiger partial charge in [0.25, 0.3) is 11.8 Å². The third kappa shape index (κ3) is 20.4. The Kier molecular flexibility index (Phi) is 27.3. The number of Topliss-reactive ketones (excluding diaryl/α,β-unsaturated/α-hetero) is 1. The molecule has 24 heteroatoms. The van der Waals surface area contributed by atoms with E-state index in [1.807, 2.05) is 26.8 Å². The van der Waals surface area contributed by atoms with Gasteiger partial charge in [0.05, 0.1) is 31.5 Å². The molecule has 5 aromatic rings. The highest BCUT2D eigenvalue weighted by atomic mass is 16.5. The number of methoxy groups -OCH3 is 2. The van der Waals surface area contributed by atoms with Crippen LogP contribution in [0.2, 0.25) is 0 Å². The predicted molar refractivity (Wildman–Crippen MR) is 366 cm³/mol. The number of aromatic nitrogens is 1. The highest BCUT2D eigenvalue weighted by Gasteiger charge is 2.44. The maximum Gasteiger partial charge on any atom is 0.330 e. The molecule has 3 heterocycles. The van der Waals surface area contributed by atoms with Crippen LogP contribution >= 0.6 is 0 Å². The summed E-state index contributed by atoms with van der Waals surface area (Å²) >= 11 is 0. The summed E-state index contributed by atoms with van der Waals surface area (Å²) in [6, 6.07) is 24.6. The molecular weight excluding hydrogens is 1250 g/mol. The Bertz CT molecular complexity index is 3660. The lowest BCUT2D eigenvalue weighted by Gasteiger charge is -2.36. The number of carbonyl (C=O) groups excluding carboxylic acids is 11. The first kappa shape index (κ1) is 75.1. The minimum Gasteiger partial charge on any atom is -0.493 e. The highest BCUT2D eigenvalue weighted by molar-refractivity contribution is 6.38. The fraction of sp³-hybridized carbons (Fsp3) is 0.432. The van der Waals surface area contributed by atoms with Crippen LogP contribution in [0.5, 0.6) is 11.5 Å². The second-order valence-electron chi connectivity index (χ2n) is 25.6. The lowest BCUT2D eigenvalue weighted by Crippen LogP contribution is -2.58. The van der Waals surface area contributed by atoms with Crippen LogP contribution < -0.4 is 30.7 Å². The first-order valence-corrected chi connectivity index (χ1v) is 33.1. The summed E-state index contributed by atoms with van der Waals surface area (Å²) in [6.45, 7) is 12.4. The molecule has 7 rings (SSSR count). The quantitative estimate of drug-likeness (QED) is 0.0181. The zero-order valence-electron chi connectivity index (χ0n) is 57.3. The molecule has 2 aliphatic heterocycles. The monoisotopic (exact) mass is 1350 g/mol. The molecule has 1 aromatic heterocycles. The van der Waals surface area contributed by atoms with E-state index in [-0.39, 0.29) is 50.6 Å². The van der Waals surface area contributed by atoms with E-state index in [1.54, 1.807) is 128 Å². The smallest absolute Gasteiger partial charge is 0.330 e. The van der Waals surface area contributed by atoms with Crippen molar-refractivity contribution in [2.75, 3.05) is 65.2 Å². The number of ketones is 1. The molecule has 0 saturated carbocycles. The molecule has 0 radical (unpaired) electrons. The maximum absolute atomic E-state index is 15.2. The molecule has 0 unspecified atom stereocenters. The van der Waals surface area contributed by atoms with E-state index in [1.165, 1.54) is 49.0 Å². The molecule has 98 heavy (non-hydrogen) atoms. The van der Waals surface area contributed by atoms with E-state index < -0.39 is 114 Å². The van der Waals surface area contributed by atoms with Gasteiger partial charge in [-0.05, 0) is 149 Å². The van der Waals surface area contributed by atoms with Crippen molar-refractivity contribution in [2.45, 2.75) is 142 Å². The average molecular weight is 1350 g/mol. The van der Waals surface area contributed by atoms with Crippen LogP contribution in [0.1, 0.15) is 137 Å². The maximum atomic E-state index is 15.2. The number of nitrogens with one attached hydrogen (secondary N) is 4. The third-order valence-electron chi connectivity index (χ3n) is 17.5. The normalized spacial score (nSPS) is 15.6. The number of rotatable bonds is 32. The largest absolute Gasteiger partial charge is 0.493 e. The number of esters is 2. The third-order valence-corrected chi connectivity index (χ3v) is 17.5. The Morgan fingerprint density at radius 2 is 1.40 bits per heavy atom. The molecule has 2 saturated heterocycles. The molecule has 24 nitrogen and oxygen atoms in total. The summed E-state index contributed by atoms with van der Waals surface area (Å²) in [5.74, 6) is -5.92. The Hall–Kier alpha value is -10.3. The topological polar surface area (TPSA) is 299 Å². The van der Waals surface area contributed by atoms with Crippen LogP contribution in [-0.4, -0.2) is 168 Å². The van der Waals surface area contributed by atoms with Crippen molar-refractivity contribution in [1.82, 2.24) is 35.2 Å². The van der Waals surface area contributed by atoms with Gasteiger partial charge in [-0.15, -0.1) is 0 Å². The summed E-state index contributed by atoms with van der Waals surface area (Å²) < 4.78 is 22.4. The number of hydrogen-bond acceptors (Lipinski definition) is 16. The molecule has 4 aromatic carbocycles. The molecule has 0 bridgehead atoms. The average Bonchev–Trinajstić information content (AvgIpc) is 1.49. The van der Waals surface area contributed by atoms with Crippen molar-refractivity contribution in [3.8, 4) is 11.5 Å². The molecule has 4 N–H and O–H groups in total. The predicted octanol–water partition coefficient (Wildman–Crippen LogP) is 7.92. The number of likely N-dealkylation sites (N-methyl/N-ethyl adjacent to an activating group) is 2. The zero-order valence-corrected chi connectivity index (χ0v) is 57.3. The first-order valence-electron chi connectivity index (χ1n) is 33.1. The SMILES string of the molecule is C=CC(=O)OCC(C)(C)C(=O)C(=O)N1CCCC[C@H]1C(=O)O[C@H](CCc1ccc(OC)c(OC)c1)c1cccc(NC(=O)CCC(=O)N[C@H](C(=O)N[C@@H](Cc2ccc(C(=O)Nc3cccnc3)cc2)C(=O)N2CCC[C@@H]2C(=O)N(C)[C@@H](CC(C)C)C(=O)N(C)CC)c2ccccc2)c1. The van der Waals surface area contributed by atoms with Crippen molar-refractivity contribution in [3.63, 3.8) is 0 Å². The van der Waals surface area contributed by atoms with Crippen LogP contribution in [-0.2, 0) is 70.3 Å². The van der Waals surface area contributed by atoms with E-state index in [4.69, 9.17) is 18.9 Å². The number of anilines is 2. The number of nitrogens with zero attached hydrogens (tertiary/aromatic N) is 5. The number of likely N-dealkylation sites (tertiary alicyclic amines) is 2. The Morgan fingerprint density at radius 1 is 0.724 bits per heavy atom. The number of hydrogen-bond donors (Lipinski definition) is 4. The van der Waals surface area contributed by atoms with E-state index in [9.17, 15) is 47.9 Å². The lowest BCUT2D eigenvalue weighted by molar-refractivity contribution is -0.165. The molecule has 2 fully saturated rings. The summed E-state index contributed by atoms with van der Waals surface area (Å²) in [6.07, 6.45) is 5.23. The number of ether oxygens (including phenoxy) is 4. The van der Waals surface area contributed by atoms with Gasteiger partial charge >= 0.3 is 11.9 Å². The van der Waals surface area contributed by atoms with Crippen LogP contribution in [0.25, 0.3) is 0 Å². The molecule has 0 spiro atoms. The number of piperidine rings is 1. The van der Waals surface area contributed by atoms with E-state index in [0.717, 1.165) is 11.6 Å². The van der Waals surface area contributed by atoms with Crippen LogP contribution in [0.3, 0.4) is 0 Å². The van der Waals surface area contributed by atoms with Gasteiger partial charge in [-0.3, -0.25) is 48.1 Å². The Labute approximate surface area is 572 Å². The molecule has 2 aliphatic rings. The number of benzene rings is 4. The molecular formula is C74H91N9O15. The Balaban J connectivity index is 1.09. The number of carbonyl (C=O) groups is 11. The van der Waals surface area contributed by atoms with Gasteiger partial charge in [0.1, 0.15) is 42.9 Å². The highest BCUT2D eigenvalue weighted by Crippen LogP contribution is 2.33. The van der Waals surface area contributed by atoms with Gasteiger partial charge in [-0.2, -0.15) is 0 Å². The van der Waals surface area contributed by atoms with Crippen molar-refractivity contribution in [1.29, 1.82) is 0 Å². The van der Waals surface area contributed by atoms with Gasteiger partial charge in [-0.1, -0.05) is 81.1 Å². The molecule has 0 aliphatic carbocycles. The van der Waals surface area contributed by atoms with E-state index >= 15 is 4.79 Å². The van der Waals surface area contributed by atoms with Crippen molar-refractivity contribution in [3.05, 3.63) is 162 Å². The minimum absolute atomic E-state index is 0.0560. The lowest BCUT2D eigenvalue weighted by atomic mass is 9.87. The number of pyridine rings is 1. The van der Waals surface area contributed by atoms with E-state index in [0.29, 0.717) is 90.2 Å². The molecule has 522 valence electrons. The van der Waals surface area contributed by atoms with Gasteiger partial charge in [0.2, 0.25) is 41.2 Å². The van der Waals surface area contributed by atoms with Gasteiger partial charge in [-0.25, -0.2) is 9.59 Å². The van der Waals surface area contributed by atoms with Crippen LogP contribution in [0.15, 0.2) is 134 Å². The number of aryl methyl sites for hydroxylation is 1. The van der Waals surface area contributed by atoms with Gasteiger partial charge in [0.15, 0.2) is 11.5 Å². The number of amides is 8. The molecule has 8 amide bonds. The summed E-state index contributed by atoms with van der Waals surface area (Å²) in [5.41, 5.74) is 1.85. The van der Waals surface area contributed by atoms with Crippen molar-refractivity contribution in [2.24, 2.45) is 11.3 Å². The van der Waals surface area contributed by atoms with Crippen molar-refractivity contribution >= 4 is 76.4 Å². The summed E-state index contributed by atoms with van der Waals surface area (Å²) in [7, 11) is 6.28. The zero-order chi connectivity index (χ0) is 71.2. The Morgan fingerprint density at radius 3 is 2.07 bits per heavy atom. The minimum atomic E-state index is -1.43. The fourth-order valence-electron chi connectivity index (χ4n) is 11.8. The van der Waals surface area contributed by atoms with Crippen molar-refractivity contribution < 1.29 is 71.7 Å². The molecule has 6 atom stereocenters. The van der Waals surface area contributed by atoms with Gasteiger partial charge in [0, 0.05) is 76.5 Å². The first-order chi connectivity index (χ1) is 46.9. The second kappa shape index (κ2) is 35.7. The van der Waals surface area contributed by atoms with Crippen LogP contribution in [0, 0.1) is 11.3 Å². The standard InChI is InChI=1S/C74H91N9O15/c1-11-64(86)97-46-74(5,6)66(87)72(93)83-39-17-16-26-57(83)73(94)98-59(34-30-49-31-35-60(95-9)61(43-49)96-10)52-23-18-24-53(44-52)76-62(84)36-37-63(85)79-65(50-21-14-13-15-22-50)68(89)78-55(42-48-28-32-51(33-29-48)67(88)77-54-25-19-38-75-45-54)69(90)82-40-20-27-56(82)71(92)81(8)58(41-47(3)4)70(91)80(7)12-2/h11,13-15,18-19,21-25,28-29,31-33,35,38,43-45,47,55-59,65H,1,12,16-17,20,26-27,30,34,36-37,39-42,46H2,2-10H3,(H,76,84)(H,77,88)(H,78,89)(H,79,85)/t55-,56+,57-,58-,59+,65-/m0/s1.